The molecule has 0 saturated heterocycles. The van der Waals surface area contributed by atoms with Gasteiger partial charge in [-0.05, 0) is 26.0 Å². The normalized spacial score (nSPS) is 10.3. The molecule has 0 unspecified atom stereocenters. The molecule has 0 atom stereocenters. The van der Waals surface area contributed by atoms with Gasteiger partial charge in [0.25, 0.3) is 0 Å². The number of amides is 2. The van der Waals surface area contributed by atoms with E-state index in [2.05, 4.69) is 29.2 Å². The molecular formula is C16H24N3O4+. The van der Waals surface area contributed by atoms with Gasteiger partial charge in [-0.25, -0.2) is 4.79 Å². The number of methoxy groups -OCH3 is 1. The van der Waals surface area contributed by atoms with Gasteiger partial charge in [-0.3, -0.25) is 9.59 Å². The van der Waals surface area contributed by atoms with E-state index in [0.717, 1.165) is 19.6 Å². The molecule has 0 aromatic heterocycles. The van der Waals surface area contributed by atoms with Gasteiger partial charge in [-0.15, -0.1) is 0 Å². The zero-order chi connectivity index (χ0) is 17.2. The summed E-state index contributed by atoms with van der Waals surface area (Å²) in [4.78, 5) is 36.7. The molecule has 2 amide bonds. The fraction of sp³-hybridized carbons (Fsp3) is 0.438. The molecule has 0 saturated carbocycles. The molecule has 1 rings (SSSR count). The predicted octanol–water partition coefficient (Wildman–Crippen LogP) is -0.547. The van der Waals surface area contributed by atoms with Crippen LogP contribution < -0.4 is 15.5 Å². The van der Waals surface area contributed by atoms with E-state index in [1.165, 1.54) is 24.1 Å². The molecule has 0 aliphatic carbocycles. The summed E-state index contributed by atoms with van der Waals surface area (Å²) in [6.45, 7) is 7.23. The average molecular weight is 322 g/mol. The number of benzene rings is 1. The van der Waals surface area contributed by atoms with Crippen LogP contribution in [0.4, 0.5) is 5.69 Å². The first kappa shape index (κ1) is 18.6. The van der Waals surface area contributed by atoms with Crippen molar-refractivity contribution >= 4 is 23.5 Å². The first-order valence-corrected chi connectivity index (χ1v) is 7.63. The zero-order valence-electron chi connectivity index (χ0n) is 13.8. The molecule has 126 valence electrons. The van der Waals surface area contributed by atoms with Crippen LogP contribution in [-0.2, 0) is 14.3 Å². The molecule has 1 aromatic rings. The summed E-state index contributed by atoms with van der Waals surface area (Å²) < 4.78 is 4.64. The number of rotatable bonds is 7. The van der Waals surface area contributed by atoms with Crippen LogP contribution in [0.3, 0.4) is 0 Å². The lowest BCUT2D eigenvalue weighted by Crippen LogP contribution is -3.12. The van der Waals surface area contributed by atoms with Gasteiger partial charge in [0, 0.05) is 0 Å². The highest BCUT2D eigenvalue weighted by Gasteiger charge is 2.18. The minimum atomic E-state index is -0.809. The molecule has 7 heteroatoms. The van der Waals surface area contributed by atoms with Crippen molar-refractivity contribution in [2.75, 3.05) is 38.6 Å². The quantitative estimate of drug-likeness (QED) is 0.464. The minimum absolute atomic E-state index is 0.198. The van der Waals surface area contributed by atoms with Crippen molar-refractivity contribution in [1.29, 1.82) is 0 Å². The first-order valence-electron chi connectivity index (χ1n) is 7.63. The maximum atomic E-state index is 11.9. The molecule has 0 aliphatic heterocycles. The van der Waals surface area contributed by atoms with E-state index in [-0.39, 0.29) is 11.3 Å². The fourth-order valence-corrected chi connectivity index (χ4v) is 2.10. The minimum Gasteiger partial charge on any atom is -0.465 e. The van der Waals surface area contributed by atoms with E-state index in [1.807, 2.05) is 0 Å². The molecule has 0 spiro atoms. The molecule has 0 aliphatic rings. The molecule has 23 heavy (non-hydrogen) atoms. The lowest BCUT2D eigenvalue weighted by Gasteiger charge is -2.15. The largest absolute Gasteiger partial charge is 0.465 e. The van der Waals surface area contributed by atoms with Crippen molar-refractivity contribution in [3.63, 3.8) is 0 Å². The number of hydrogen-bond acceptors (Lipinski definition) is 4. The highest BCUT2D eigenvalue weighted by molar-refractivity contribution is 6.40. The van der Waals surface area contributed by atoms with Crippen LogP contribution >= 0.6 is 0 Å². The van der Waals surface area contributed by atoms with Crippen LogP contribution in [0.15, 0.2) is 24.3 Å². The summed E-state index contributed by atoms with van der Waals surface area (Å²) in [5.74, 6) is -2.11. The highest BCUT2D eigenvalue weighted by Crippen LogP contribution is 2.15. The number of quaternary nitrogens is 1. The third kappa shape index (κ3) is 5.71. The number of carbonyl (C=O) groups excluding carboxylic acids is 3. The van der Waals surface area contributed by atoms with Crippen LogP contribution in [0.2, 0.25) is 0 Å². The summed E-state index contributed by atoms with van der Waals surface area (Å²) in [5, 5.41) is 5.01. The highest BCUT2D eigenvalue weighted by atomic mass is 16.5. The Morgan fingerprint density at radius 2 is 1.74 bits per heavy atom. The monoisotopic (exact) mass is 322 g/mol. The Labute approximate surface area is 136 Å². The SMILES string of the molecule is CC[NH+](CC)CCNC(=O)C(=O)Nc1ccccc1C(=O)OC. The fourth-order valence-electron chi connectivity index (χ4n) is 2.10. The van der Waals surface area contributed by atoms with Crippen LogP contribution in [-0.4, -0.2) is 51.1 Å². The van der Waals surface area contributed by atoms with Crippen molar-refractivity contribution in [1.82, 2.24) is 5.32 Å². The summed E-state index contributed by atoms with van der Waals surface area (Å²) in [6, 6.07) is 6.36. The molecule has 1 aromatic carbocycles. The maximum absolute atomic E-state index is 11.9. The van der Waals surface area contributed by atoms with Crippen molar-refractivity contribution < 1.29 is 24.0 Å². The van der Waals surface area contributed by atoms with Crippen LogP contribution in [0.25, 0.3) is 0 Å². The smallest absolute Gasteiger partial charge is 0.339 e. The molecule has 0 heterocycles. The Balaban J connectivity index is 2.59. The standard InChI is InChI=1S/C16H23N3O4/c1-4-19(5-2)11-10-17-14(20)15(21)18-13-9-7-6-8-12(13)16(22)23-3/h6-9H,4-5,10-11H2,1-3H3,(H,17,20)(H,18,21)/p+1. The number of likely N-dealkylation sites (N-methyl/N-ethyl adjacent to an activating group) is 1. The number of carbonyl (C=O) groups is 3. The molecule has 0 bridgehead atoms. The number of nitrogens with one attached hydrogen (secondary N) is 3. The lowest BCUT2D eigenvalue weighted by atomic mass is 10.2. The first-order chi connectivity index (χ1) is 11.0. The zero-order valence-corrected chi connectivity index (χ0v) is 13.8. The van der Waals surface area contributed by atoms with E-state index in [1.54, 1.807) is 12.1 Å². The second-order valence-electron chi connectivity index (χ2n) is 4.95. The predicted molar refractivity (Wildman–Crippen MR) is 86.3 cm³/mol. The van der Waals surface area contributed by atoms with Crippen molar-refractivity contribution in [2.24, 2.45) is 0 Å². The summed E-state index contributed by atoms with van der Waals surface area (Å²) in [5.41, 5.74) is 0.442. The van der Waals surface area contributed by atoms with E-state index in [0.29, 0.717) is 6.54 Å². The average Bonchev–Trinajstić information content (AvgIpc) is 2.58. The van der Waals surface area contributed by atoms with E-state index < -0.39 is 17.8 Å². The van der Waals surface area contributed by atoms with E-state index in [4.69, 9.17) is 0 Å². The third-order valence-corrected chi connectivity index (χ3v) is 3.55. The van der Waals surface area contributed by atoms with Crippen molar-refractivity contribution in [3.8, 4) is 0 Å². The number of ether oxygens (including phenoxy) is 1. The van der Waals surface area contributed by atoms with Gasteiger partial charge in [0.1, 0.15) is 0 Å². The molecular weight excluding hydrogens is 298 g/mol. The Morgan fingerprint density at radius 1 is 1.09 bits per heavy atom. The van der Waals surface area contributed by atoms with E-state index >= 15 is 0 Å². The number of anilines is 1. The van der Waals surface area contributed by atoms with E-state index in [9.17, 15) is 14.4 Å². The molecule has 3 N–H and O–H groups in total. The second-order valence-corrected chi connectivity index (χ2v) is 4.95. The third-order valence-electron chi connectivity index (χ3n) is 3.55. The summed E-state index contributed by atoms with van der Waals surface area (Å²) in [7, 11) is 1.25. The van der Waals surface area contributed by atoms with Gasteiger partial charge >= 0.3 is 17.8 Å². The van der Waals surface area contributed by atoms with Crippen molar-refractivity contribution in [3.05, 3.63) is 29.8 Å². The van der Waals surface area contributed by atoms with Gasteiger partial charge in [-0.2, -0.15) is 0 Å². The van der Waals surface area contributed by atoms with Gasteiger partial charge in [0.05, 0.1) is 44.5 Å². The van der Waals surface area contributed by atoms with Gasteiger partial charge in [-0.1, -0.05) is 12.1 Å². The summed E-state index contributed by atoms with van der Waals surface area (Å²) >= 11 is 0. The summed E-state index contributed by atoms with van der Waals surface area (Å²) in [6.07, 6.45) is 0. The molecule has 0 fully saturated rings. The lowest BCUT2D eigenvalue weighted by molar-refractivity contribution is -0.895. The number of hydrogen-bond donors (Lipinski definition) is 3. The van der Waals surface area contributed by atoms with Gasteiger partial charge < -0.3 is 20.3 Å². The van der Waals surface area contributed by atoms with Crippen LogP contribution in [0, 0.1) is 0 Å². The maximum Gasteiger partial charge on any atom is 0.339 e. The topological polar surface area (TPSA) is 88.9 Å². The van der Waals surface area contributed by atoms with Crippen molar-refractivity contribution in [2.45, 2.75) is 13.8 Å². The van der Waals surface area contributed by atoms with Gasteiger partial charge in [0.15, 0.2) is 0 Å². The van der Waals surface area contributed by atoms with Crippen LogP contribution in [0.5, 0.6) is 0 Å². The Kier molecular flexibility index (Phi) is 7.76. The molecule has 0 radical (unpaired) electrons. The second kappa shape index (κ2) is 9.58. The Bertz CT molecular complexity index is 556. The molecule has 7 nitrogen and oxygen atoms in total. The van der Waals surface area contributed by atoms with Crippen LogP contribution in [0.1, 0.15) is 24.2 Å². The number of para-hydroxylation sites is 1. The number of esters is 1. The Hall–Kier alpha value is -2.41. The van der Waals surface area contributed by atoms with Gasteiger partial charge in [0.2, 0.25) is 0 Å². The Morgan fingerprint density at radius 3 is 2.35 bits per heavy atom.